The maximum atomic E-state index is 12.1. The molecule has 1 unspecified atom stereocenters. The number of hydrogen-bond donors (Lipinski definition) is 2. The van der Waals surface area contributed by atoms with Gasteiger partial charge in [0.2, 0.25) is 0 Å². The van der Waals surface area contributed by atoms with E-state index in [-0.39, 0.29) is 11.9 Å². The van der Waals surface area contributed by atoms with Crippen LogP contribution in [0.25, 0.3) is 0 Å². The van der Waals surface area contributed by atoms with Gasteiger partial charge in [-0.2, -0.15) is 0 Å². The van der Waals surface area contributed by atoms with E-state index in [1.54, 1.807) is 30.6 Å². The van der Waals surface area contributed by atoms with E-state index in [2.05, 4.69) is 26.2 Å². The molecule has 0 aliphatic carbocycles. The molecule has 19 heavy (non-hydrogen) atoms. The summed E-state index contributed by atoms with van der Waals surface area (Å²) in [4.78, 5) is 16.2. The number of halogens is 1. The Morgan fingerprint density at radius 3 is 2.84 bits per heavy atom. The van der Waals surface area contributed by atoms with E-state index in [1.807, 2.05) is 19.1 Å². The van der Waals surface area contributed by atoms with Crippen molar-refractivity contribution in [3.05, 3.63) is 58.3 Å². The minimum Gasteiger partial charge on any atom is -0.398 e. The maximum absolute atomic E-state index is 12.1. The Bertz CT molecular complexity index is 586. The van der Waals surface area contributed by atoms with Gasteiger partial charge in [-0.3, -0.25) is 9.78 Å². The predicted octanol–water partition coefficient (Wildman–Crippen LogP) is 2.92. The number of pyridine rings is 1. The van der Waals surface area contributed by atoms with Gasteiger partial charge in [0.15, 0.2) is 0 Å². The molecule has 1 aromatic heterocycles. The molecule has 0 aliphatic heterocycles. The van der Waals surface area contributed by atoms with Gasteiger partial charge in [-0.1, -0.05) is 22.0 Å². The highest BCUT2D eigenvalue weighted by Crippen LogP contribution is 2.19. The molecule has 0 spiro atoms. The van der Waals surface area contributed by atoms with Crippen molar-refractivity contribution in [1.29, 1.82) is 0 Å². The molecule has 4 nitrogen and oxygen atoms in total. The summed E-state index contributed by atoms with van der Waals surface area (Å²) in [5.74, 6) is -0.193. The molecule has 2 aromatic rings. The fourth-order valence-corrected chi connectivity index (χ4v) is 2.11. The predicted molar refractivity (Wildman–Crippen MR) is 78.7 cm³/mol. The third kappa shape index (κ3) is 3.32. The lowest BCUT2D eigenvalue weighted by atomic mass is 10.1. The smallest absolute Gasteiger partial charge is 0.253 e. The summed E-state index contributed by atoms with van der Waals surface area (Å²) in [5, 5.41) is 2.90. The van der Waals surface area contributed by atoms with Crippen molar-refractivity contribution in [2.75, 3.05) is 5.73 Å². The number of nitrogens with one attached hydrogen (secondary N) is 1. The fourth-order valence-electron chi connectivity index (χ4n) is 1.73. The summed E-state index contributed by atoms with van der Waals surface area (Å²) < 4.78 is 0.849. The first kappa shape index (κ1) is 13.5. The van der Waals surface area contributed by atoms with Crippen molar-refractivity contribution in [3.8, 4) is 0 Å². The first-order chi connectivity index (χ1) is 9.08. The second-order valence-corrected chi connectivity index (χ2v) is 5.13. The lowest BCUT2D eigenvalue weighted by Crippen LogP contribution is -2.27. The van der Waals surface area contributed by atoms with Gasteiger partial charge < -0.3 is 11.1 Å². The highest BCUT2D eigenvalue weighted by Gasteiger charge is 2.13. The molecule has 0 aliphatic rings. The Kier molecular flexibility index (Phi) is 4.16. The number of carbonyl (C=O) groups is 1. The van der Waals surface area contributed by atoms with Crippen molar-refractivity contribution in [2.45, 2.75) is 13.0 Å². The van der Waals surface area contributed by atoms with Crippen LogP contribution in [0.2, 0.25) is 0 Å². The Hall–Kier alpha value is -1.88. The lowest BCUT2D eigenvalue weighted by Gasteiger charge is -2.14. The maximum Gasteiger partial charge on any atom is 0.253 e. The summed E-state index contributed by atoms with van der Waals surface area (Å²) in [6, 6.07) is 8.84. The first-order valence-electron chi connectivity index (χ1n) is 5.83. The molecule has 0 radical (unpaired) electrons. The number of amides is 1. The molecule has 1 heterocycles. The molecule has 0 fully saturated rings. The molecule has 98 valence electrons. The Labute approximate surface area is 120 Å². The molecule has 1 atom stereocenters. The van der Waals surface area contributed by atoms with E-state index in [0.29, 0.717) is 11.3 Å². The Balaban J connectivity index is 2.13. The number of hydrogen-bond acceptors (Lipinski definition) is 3. The normalized spacial score (nSPS) is 11.9. The van der Waals surface area contributed by atoms with E-state index < -0.39 is 0 Å². The third-order valence-electron chi connectivity index (χ3n) is 2.79. The van der Waals surface area contributed by atoms with Gasteiger partial charge in [-0.15, -0.1) is 0 Å². The van der Waals surface area contributed by atoms with Crippen LogP contribution in [0.15, 0.2) is 47.2 Å². The van der Waals surface area contributed by atoms with E-state index in [0.717, 1.165) is 10.0 Å². The topological polar surface area (TPSA) is 68.0 Å². The average Bonchev–Trinajstić information content (AvgIpc) is 2.39. The quantitative estimate of drug-likeness (QED) is 0.855. The van der Waals surface area contributed by atoms with Gasteiger partial charge in [0.1, 0.15) is 0 Å². The molecule has 0 saturated carbocycles. The second kappa shape index (κ2) is 5.84. The SMILES string of the molecule is CC(NC(=O)c1ccc(Br)cc1N)c1cccnc1. The number of nitrogens with two attached hydrogens (primary N) is 1. The van der Waals surface area contributed by atoms with Gasteiger partial charge in [0.25, 0.3) is 5.91 Å². The van der Waals surface area contributed by atoms with Crippen molar-refractivity contribution in [1.82, 2.24) is 10.3 Å². The van der Waals surface area contributed by atoms with Crippen LogP contribution in [0.3, 0.4) is 0 Å². The highest BCUT2D eigenvalue weighted by molar-refractivity contribution is 9.10. The summed E-state index contributed by atoms with van der Waals surface area (Å²) >= 11 is 3.31. The number of carbonyl (C=O) groups excluding carboxylic acids is 1. The minimum absolute atomic E-state index is 0.121. The molecule has 2 rings (SSSR count). The van der Waals surface area contributed by atoms with E-state index in [1.165, 1.54) is 0 Å². The summed E-state index contributed by atoms with van der Waals surface area (Å²) in [6.45, 7) is 1.91. The van der Waals surface area contributed by atoms with Gasteiger partial charge in [-0.25, -0.2) is 0 Å². The third-order valence-corrected chi connectivity index (χ3v) is 3.28. The molecule has 1 amide bonds. The number of nitrogen functional groups attached to an aromatic ring is 1. The molecular weight excluding hydrogens is 306 g/mol. The summed E-state index contributed by atoms with van der Waals surface area (Å²) in [6.07, 6.45) is 3.43. The number of aromatic nitrogens is 1. The number of nitrogens with zero attached hydrogens (tertiary/aromatic N) is 1. The standard InChI is InChI=1S/C14H14BrN3O/c1-9(10-3-2-6-17-8-10)18-14(19)12-5-4-11(15)7-13(12)16/h2-9H,16H2,1H3,(H,18,19). The fraction of sp³-hybridized carbons (Fsp3) is 0.143. The Morgan fingerprint density at radius 1 is 1.42 bits per heavy atom. The molecular formula is C14H14BrN3O. The number of benzene rings is 1. The van der Waals surface area contributed by atoms with Gasteiger partial charge in [0.05, 0.1) is 11.6 Å². The van der Waals surface area contributed by atoms with Gasteiger partial charge in [0, 0.05) is 22.6 Å². The molecule has 0 saturated heterocycles. The highest BCUT2D eigenvalue weighted by atomic mass is 79.9. The van der Waals surface area contributed by atoms with Crippen LogP contribution >= 0.6 is 15.9 Å². The lowest BCUT2D eigenvalue weighted by molar-refractivity contribution is 0.0940. The van der Waals surface area contributed by atoms with E-state index >= 15 is 0 Å². The van der Waals surface area contributed by atoms with Crippen LogP contribution in [-0.4, -0.2) is 10.9 Å². The zero-order valence-corrected chi connectivity index (χ0v) is 12.0. The van der Waals surface area contributed by atoms with Crippen LogP contribution in [0, 0.1) is 0 Å². The number of rotatable bonds is 3. The van der Waals surface area contributed by atoms with E-state index in [4.69, 9.17) is 5.73 Å². The van der Waals surface area contributed by atoms with Crippen LogP contribution in [0.1, 0.15) is 28.9 Å². The van der Waals surface area contributed by atoms with Crippen molar-refractivity contribution in [3.63, 3.8) is 0 Å². The van der Waals surface area contributed by atoms with Crippen LogP contribution in [0.4, 0.5) is 5.69 Å². The van der Waals surface area contributed by atoms with Crippen molar-refractivity contribution < 1.29 is 4.79 Å². The van der Waals surface area contributed by atoms with Crippen LogP contribution < -0.4 is 11.1 Å². The second-order valence-electron chi connectivity index (χ2n) is 4.21. The Morgan fingerprint density at radius 2 is 2.21 bits per heavy atom. The van der Waals surface area contributed by atoms with E-state index in [9.17, 15) is 4.79 Å². The first-order valence-corrected chi connectivity index (χ1v) is 6.63. The summed E-state index contributed by atoms with van der Waals surface area (Å²) in [5.41, 5.74) is 7.70. The monoisotopic (exact) mass is 319 g/mol. The molecule has 0 bridgehead atoms. The number of anilines is 1. The molecule has 5 heteroatoms. The summed E-state index contributed by atoms with van der Waals surface area (Å²) in [7, 11) is 0. The van der Waals surface area contributed by atoms with Crippen molar-refractivity contribution >= 4 is 27.5 Å². The van der Waals surface area contributed by atoms with Crippen LogP contribution in [0.5, 0.6) is 0 Å². The zero-order chi connectivity index (χ0) is 13.8. The van der Waals surface area contributed by atoms with Gasteiger partial charge in [-0.05, 0) is 36.8 Å². The van der Waals surface area contributed by atoms with Gasteiger partial charge >= 0.3 is 0 Å². The van der Waals surface area contributed by atoms with Crippen LogP contribution in [-0.2, 0) is 0 Å². The molecule has 1 aromatic carbocycles. The average molecular weight is 320 g/mol. The zero-order valence-electron chi connectivity index (χ0n) is 10.4. The molecule has 3 N–H and O–H groups in total. The largest absolute Gasteiger partial charge is 0.398 e. The van der Waals surface area contributed by atoms with Crippen molar-refractivity contribution in [2.24, 2.45) is 0 Å². The minimum atomic E-state index is -0.193.